The molecule has 0 aromatic heterocycles. The zero-order valence-electron chi connectivity index (χ0n) is 7.77. The first-order valence-corrected chi connectivity index (χ1v) is 4.26. The molecule has 0 bridgehead atoms. The third-order valence-corrected chi connectivity index (χ3v) is 1.69. The summed E-state index contributed by atoms with van der Waals surface area (Å²) < 4.78 is 39.1. The first-order valence-electron chi connectivity index (χ1n) is 4.26. The Labute approximate surface area is 85.0 Å². The molecule has 0 aliphatic heterocycles. The molecule has 15 heavy (non-hydrogen) atoms. The lowest BCUT2D eigenvalue weighted by molar-refractivity contribution is -0.306. The fraction of sp³-hybridized carbons (Fsp3) is 0.400. The molecule has 0 saturated carbocycles. The topological polar surface area (TPSA) is 29.5 Å². The van der Waals surface area contributed by atoms with Crippen LogP contribution in [0.3, 0.4) is 0 Å². The fourth-order valence-electron chi connectivity index (χ4n) is 1.11. The van der Waals surface area contributed by atoms with E-state index in [1.165, 1.54) is 12.2 Å². The standard InChI is InChI=1S/C10H9F3O2/c11-10(12,13)15-9-5-3-8(4-6-9)2-1-7-14/h3,5,14H,4,6-7H2. The van der Waals surface area contributed by atoms with Gasteiger partial charge in [0.1, 0.15) is 12.4 Å². The average Bonchev–Trinajstić information content (AvgIpc) is 2.14. The predicted molar refractivity (Wildman–Crippen MR) is 47.4 cm³/mol. The quantitative estimate of drug-likeness (QED) is 0.683. The zero-order chi connectivity index (χ0) is 11.3. The highest BCUT2D eigenvalue weighted by Crippen LogP contribution is 2.26. The normalized spacial score (nSPS) is 16.0. The van der Waals surface area contributed by atoms with Crippen molar-refractivity contribution in [3.8, 4) is 11.8 Å². The van der Waals surface area contributed by atoms with Gasteiger partial charge in [0.15, 0.2) is 0 Å². The summed E-state index contributed by atoms with van der Waals surface area (Å²) in [5.41, 5.74) is 0.693. The molecule has 5 heteroatoms. The van der Waals surface area contributed by atoms with Gasteiger partial charge in [0, 0.05) is 12.0 Å². The number of aliphatic hydroxyl groups excluding tert-OH is 1. The van der Waals surface area contributed by atoms with Crippen LogP contribution in [0.2, 0.25) is 0 Å². The van der Waals surface area contributed by atoms with Gasteiger partial charge in [0.2, 0.25) is 0 Å². The van der Waals surface area contributed by atoms with Gasteiger partial charge in [-0.15, -0.1) is 13.2 Å². The molecular formula is C10H9F3O2. The molecule has 0 unspecified atom stereocenters. The summed E-state index contributed by atoms with van der Waals surface area (Å²) in [5.74, 6) is 4.95. The Morgan fingerprint density at radius 2 is 2.07 bits per heavy atom. The molecule has 0 radical (unpaired) electrons. The molecule has 0 fully saturated rings. The minimum atomic E-state index is -4.63. The summed E-state index contributed by atoms with van der Waals surface area (Å²) in [6.07, 6.45) is -1.35. The summed E-state index contributed by atoms with van der Waals surface area (Å²) in [6.45, 7) is -0.257. The largest absolute Gasteiger partial charge is 0.572 e. The average molecular weight is 218 g/mol. The van der Waals surface area contributed by atoms with Gasteiger partial charge in [-0.05, 0) is 18.6 Å². The minimum Gasteiger partial charge on any atom is -0.410 e. The second-order valence-corrected chi connectivity index (χ2v) is 2.83. The van der Waals surface area contributed by atoms with E-state index in [2.05, 4.69) is 16.6 Å². The Morgan fingerprint density at radius 1 is 1.33 bits per heavy atom. The molecule has 0 atom stereocenters. The third kappa shape index (κ3) is 4.56. The van der Waals surface area contributed by atoms with E-state index in [9.17, 15) is 13.2 Å². The van der Waals surface area contributed by atoms with Crippen LogP contribution in [0, 0.1) is 11.8 Å². The Hall–Kier alpha value is -1.41. The molecule has 1 rings (SSSR count). The molecule has 2 nitrogen and oxygen atoms in total. The number of hydrogen-bond donors (Lipinski definition) is 1. The van der Waals surface area contributed by atoms with E-state index < -0.39 is 6.36 Å². The van der Waals surface area contributed by atoms with Crippen LogP contribution >= 0.6 is 0 Å². The van der Waals surface area contributed by atoms with Gasteiger partial charge in [-0.2, -0.15) is 0 Å². The van der Waals surface area contributed by atoms with Crippen molar-refractivity contribution in [2.75, 3.05) is 6.61 Å². The smallest absolute Gasteiger partial charge is 0.410 e. The van der Waals surface area contributed by atoms with Crippen molar-refractivity contribution in [1.82, 2.24) is 0 Å². The van der Waals surface area contributed by atoms with Crippen LogP contribution in [0.5, 0.6) is 0 Å². The summed E-state index contributed by atoms with van der Waals surface area (Å²) >= 11 is 0. The summed E-state index contributed by atoms with van der Waals surface area (Å²) in [6, 6.07) is 0. The lowest BCUT2D eigenvalue weighted by atomic mass is 10.0. The van der Waals surface area contributed by atoms with Crippen LogP contribution in [-0.2, 0) is 4.74 Å². The van der Waals surface area contributed by atoms with Crippen LogP contribution in [0.15, 0.2) is 23.5 Å². The predicted octanol–water partition coefficient (Wildman–Crippen LogP) is 2.12. The molecule has 0 spiro atoms. The number of allylic oxidation sites excluding steroid dienone is 4. The Morgan fingerprint density at radius 3 is 2.53 bits per heavy atom. The van der Waals surface area contributed by atoms with Crippen molar-refractivity contribution >= 4 is 0 Å². The highest BCUT2D eigenvalue weighted by Gasteiger charge is 2.32. The van der Waals surface area contributed by atoms with E-state index in [-0.39, 0.29) is 18.8 Å². The molecule has 0 saturated heterocycles. The van der Waals surface area contributed by atoms with Gasteiger partial charge < -0.3 is 9.84 Å². The van der Waals surface area contributed by atoms with Crippen LogP contribution < -0.4 is 0 Å². The Kier molecular flexibility index (Phi) is 3.81. The summed E-state index contributed by atoms with van der Waals surface area (Å²) in [7, 11) is 0. The van der Waals surface area contributed by atoms with Crippen molar-refractivity contribution < 1.29 is 23.0 Å². The molecule has 0 aromatic carbocycles. The number of halogens is 3. The summed E-state index contributed by atoms with van der Waals surface area (Å²) in [4.78, 5) is 0. The second kappa shape index (κ2) is 4.89. The molecule has 1 aliphatic carbocycles. The second-order valence-electron chi connectivity index (χ2n) is 2.83. The lowest BCUT2D eigenvalue weighted by Crippen LogP contribution is -2.13. The van der Waals surface area contributed by atoms with Crippen molar-refractivity contribution in [2.45, 2.75) is 19.2 Å². The molecule has 0 aromatic rings. The van der Waals surface area contributed by atoms with Crippen LogP contribution in [0.1, 0.15) is 12.8 Å². The van der Waals surface area contributed by atoms with E-state index in [4.69, 9.17) is 5.11 Å². The van der Waals surface area contributed by atoms with Crippen molar-refractivity contribution in [3.63, 3.8) is 0 Å². The summed E-state index contributed by atoms with van der Waals surface area (Å²) in [5, 5.41) is 8.41. The number of hydrogen-bond acceptors (Lipinski definition) is 2. The van der Waals surface area contributed by atoms with Gasteiger partial charge in [-0.25, -0.2) is 0 Å². The fourth-order valence-corrected chi connectivity index (χ4v) is 1.11. The highest BCUT2D eigenvalue weighted by molar-refractivity contribution is 5.35. The number of rotatable bonds is 1. The first kappa shape index (κ1) is 11.7. The van der Waals surface area contributed by atoms with Crippen molar-refractivity contribution in [1.29, 1.82) is 0 Å². The van der Waals surface area contributed by atoms with E-state index in [1.54, 1.807) is 0 Å². The monoisotopic (exact) mass is 218 g/mol. The number of aliphatic hydroxyl groups is 1. The van der Waals surface area contributed by atoms with Crippen LogP contribution in [0.25, 0.3) is 0 Å². The molecule has 82 valence electrons. The zero-order valence-corrected chi connectivity index (χ0v) is 7.77. The van der Waals surface area contributed by atoms with E-state index in [0.29, 0.717) is 12.0 Å². The Bertz CT molecular complexity index is 342. The van der Waals surface area contributed by atoms with Gasteiger partial charge in [0.05, 0.1) is 0 Å². The highest BCUT2D eigenvalue weighted by atomic mass is 19.4. The van der Waals surface area contributed by atoms with Gasteiger partial charge in [-0.3, -0.25) is 0 Å². The van der Waals surface area contributed by atoms with Gasteiger partial charge in [0.25, 0.3) is 0 Å². The third-order valence-electron chi connectivity index (χ3n) is 1.69. The molecule has 0 amide bonds. The van der Waals surface area contributed by atoms with Gasteiger partial charge >= 0.3 is 6.36 Å². The maximum Gasteiger partial charge on any atom is 0.572 e. The maximum atomic E-state index is 11.8. The minimum absolute atomic E-state index is 0.114. The van der Waals surface area contributed by atoms with Crippen LogP contribution in [-0.4, -0.2) is 18.1 Å². The van der Waals surface area contributed by atoms with Crippen LogP contribution in [0.4, 0.5) is 13.2 Å². The van der Waals surface area contributed by atoms with Gasteiger partial charge in [-0.1, -0.05) is 11.8 Å². The molecule has 0 heterocycles. The molecular weight excluding hydrogens is 209 g/mol. The number of ether oxygens (including phenoxy) is 1. The maximum absolute atomic E-state index is 11.8. The van der Waals surface area contributed by atoms with E-state index in [1.807, 2.05) is 0 Å². The first-order chi connectivity index (χ1) is 7.01. The Balaban J connectivity index is 2.60. The van der Waals surface area contributed by atoms with E-state index in [0.717, 1.165) is 0 Å². The molecule has 1 N–H and O–H groups in total. The molecule has 1 aliphatic rings. The van der Waals surface area contributed by atoms with Crippen molar-refractivity contribution in [3.05, 3.63) is 23.5 Å². The lowest BCUT2D eigenvalue weighted by Gasteiger charge is -2.14. The van der Waals surface area contributed by atoms with Crippen molar-refractivity contribution in [2.24, 2.45) is 0 Å². The number of alkyl halides is 3. The SMILES string of the molecule is OCC#CC1=CC=C(OC(F)(F)F)CC1. The van der Waals surface area contributed by atoms with E-state index >= 15 is 0 Å².